The summed E-state index contributed by atoms with van der Waals surface area (Å²) in [7, 11) is 0. The van der Waals surface area contributed by atoms with Gasteiger partial charge in [-0.2, -0.15) is 0 Å². The Balaban J connectivity index is 1.28. The molecule has 0 bridgehead atoms. The molecule has 0 unspecified atom stereocenters. The molecular formula is C39H24N2OS. The van der Waals surface area contributed by atoms with Gasteiger partial charge in [-0.05, 0) is 71.1 Å². The van der Waals surface area contributed by atoms with E-state index in [1.54, 1.807) is 0 Å². The monoisotopic (exact) mass is 568 g/mol. The molecule has 0 saturated heterocycles. The molecule has 3 heterocycles. The first kappa shape index (κ1) is 24.2. The third kappa shape index (κ3) is 3.92. The van der Waals surface area contributed by atoms with Crippen molar-refractivity contribution in [1.82, 2.24) is 4.98 Å². The maximum absolute atomic E-state index is 6.68. The highest BCUT2D eigenvalue weighted by molar-refractivity contribution is 7.25. The number of nitrogens with zero attached hydrogens (tertiary/aromatic N) is 2. The van der Waals surface area contributed by atoms with Gasteiger partial charge in [-0.15, -0.1) is 11.3 Å². The number of fused-ring (bicyclic) bond motifs is 7. The van der Waals surface area contributed by atoms with E-state index in [1.165, 1.54) is 31.3 Å². The Labute approximate surface area is 251 Å². The molecular weight excluding hydrogens is 545 g/mol. The molecule has 0 amide bonds. The standard InChI is InChI=1S/C39H24N2OS/c1-2-7-25(8-3-1)26-13-15-29(16-14-26)41(30-17-18-32-31-9-4-5-12-37(31)43-38(32)23-30)35-11-6-10-33-34-21-28-24-40-20-19-27(28)22-36(34)42-39(33)35/h1-24H. The van der Waals surface area contributed by atoms with E-state index in [1.807, 2.05) is 29.8 Å². The van der Waals surface area contributed by atoms with Crippen molar-refractivity contribution in [2.75, 3.05) is 4.90 Å². The first-order valence-corrected chi connectivity index (χ1v) is 15.2. The summed E-state index contributed by atoms with van der Waals surface area (Å²) in [5.41, 5.74) is 7.30. The summed E-state index contributed by atoms with van der Waals surface area (Å²) in [6.45, 7) is 0. The molecule has 0 radical (unpaired) electrons. The molecule has 0 aliphatic carbocycles. The molecule has 3 aromatic heterocycles. The second-order valence-corrected chi connectivity index (χ2v) is 11.9. The van der Waals surface area contributed by atoms with Crippen LogP contribution >= 0.6 is 11.3 Å². The van der Waals surface area contributed by atoms with Crippen molar-refractivity contribution in [1.29, 1.82) is 0 Å². The van der Waals surface area contributed by atoms with Crippen LogP contribution in [-0.2, 0) is 0 Å². The first-order valence-electron chi connectivity index (χ1n) is 14.4. The minimum atomic E-state index is 0.865. The van der Waals surface area contributed by atoms with Crippen molar-refractivity contribution in [3.8, 4) is 11.1 Å². The van der Waals surface area contributed by atoms with Gasteiger partial charge in [0.25, 0.3) is 0 Å². The van der Waals surface area contributed by atoms with E-state index in [-0.39, 0.29) is 0 Å². The summed E-state index contributed by atoms with van der Waals surface area (Å²) in [5.74, 6) is 0. The van der Waals surface area contributed by atoms with Crippen LogP contribution in [0.4, 0.5) is 17.1 Å². The van der Waals surface area contributed by atoms with E-state index in [0.717, 1.165) is 49.8 Å². The van der Waals surface area contributed by atoms with Gasteiger partial charge in [-0.1, -0.05) is 78.9 Å². The molecule has 0 atom stereocenters. The van der Waals surface area contributed by atoms with Crippen molar-refractivity contribution in [3.05, 3.63) is 146 Å². The van der Waals surface area contributed by atoms with E-state index in [9.17, 15) is 0 Å². The lowest BCUT2D eigenvalue weighted by molar-refractivity contribution is 0.669. The van der Waals surface area contributed by atoms with E-state index in [2.05, 4.69) is 137 Å². The maximum atomic E-state index is 6.68. The summed E-state index contributed by atoms with van der Waals surface area (Å²) < 4.78 is 9.25. The zero-order valence-corrected chi connectivity index (χ0v) is 23.9. The number of pyridine rings is 1. The molecule has 0 saturated carbocycles. The van der Waals surface area contributed by atoms with Crippen LogP contribution in [0.5, 0.6) is 0 Å². The number of hydrogen-bond donors (Lipinski definition) is 0. The molecule has 0 spiro atoms. The van der Waals surface area contributed by atoms with Crippen molar-refractivity contribution in [3.63, 3.8) is 0 Å². The predicted molar refractivity (Wildman–Crippen MR) is 182 cm³/mol. The van der Waals surface area contributed by atoms with Crippen molar-refractivity contribution in [2.45, 2.75) is 0 Å². The normalized spacial score (nSPS) is 11.7. The van der Waals surface area contributed by atoms with Gasteiger partial charge in [0.1, 0.15) is 5.58 Å². The molecule has 9 rings (SSSR count). The number of aromatic nitrogens is 1. The topological polar surface area (TPSA) is 29.3 Å². The summed E-state index contributed by atoms with van der Waals surface area (Å²) in [6, 6.07) is 47.6. The lowest BCUT2D eigenvalue weighted by Gasteiger charge is -2.26. The fourth-order valence-electron chi connectivity index (χ4n) is 6.25. The Morgan fingerprint density at radius 2 is 1.30 bits per heavy atom. The van der Waals surface area contributed by atoms with Crippen LogP contribution in [0.15, 0.2) is 150 Å². The van der Waals surface area contributed by atoms with E-state index in [0.29, 0.717) is 0 Å². The Morgan fingerprint density at radius 3 is 2.21 bits per heavy atom. The quantitative estimate of drug-likeness (QED) is 0.211. The summed E-state index contributed by atoms with van der Waals surface area (Å²) in [4.78, 5) is 6.66. The summed E-state index contributed by atoms with van der Waals surface area (Å²) in [6.07, 6.45) is 3.74. The van der Waals surface area contributed by atoms with Gasteiger partial charge < -0.3 is 9.32 Å². The first-order chi connectivity index (χ1) is 21.3. The van der Waals surface area contributed by atoms with Crippen LogP contribution in [0.1, 0.15) is 0 Å². The Hall–Kier alpha value is -5.45. The van der Waals surface area contributed by atoms with Crippen molar-refractivity contribution < 1.29 is 4.42 Å². The van der Waals surface area contributed by atoms with Crippen molar-refractivity contribution >= 4 is 81.3 Å². The van der Waals surface area contributed by atoms with Crippen molar-refractivity contribution in [2.24, 2.45) is 0 Å². The molecule has 6 aromatic carbocycles. The number of hydrogen-bond acceptors (Lipinski definition) is 4. The van der Waals surface area contributed by atoms with Crippen LogP contribution in [0.25, 0.3) is 64.0 Å². The zero-order valence-electron chi connectivity index (χ0n) is 23.1. The minimum absolute atomic E-state index is 0.865. The van der Waals surface area contributed by atoms with Crippen LogP contribution < -0.4 is 4.90 Å². The fraction of sp³-hybridized carbons (Fsp3) is 0. The van der Waals surface area contributed by atoms with Crippen LogP contribution in [0.3, 0.4) is 0 Å². The van der Waals surface area contributed by atoms with Gasteiger partial charge in [-0.3, -0.25) is 4.98 Å². The highest BCUT2D eigenvalue weighted by Crippen LogP contribution is 2.45. The smallest absolute Gasteiger partial charge is 0.159 e. The third-order valence-electron chi connectivity index (χ3n) is 8.33. The minimum Gasteiger partial charge on any atom is -0.454 e. The zero-order chi connectivity index (χ0) is 28.3. The highest BCUT2D eigenvalue weighted by Gasteiger charge is 2.20. The average Bonchev–Trinajstić information content (AvgIpc) is 3.62. The second kappa shape index (κ2) is 9.55. The molecule has 0 fully saturated rings. The van der Waals surface area contributed by atoms with E-state index in [4.69, 9.17) is 4.42 Å². The lowest BCUT2D eigenvalue weighted by atomic mass is 10.0. The van der Waals surface area contributed by atoms with Gasteiger partial charge in [0, 0.05) is 60.1 Å². The molecule has 0 aliphatic rings. The number of rotatable bonds is 4. The molecule has 0 aliphatic heterocycles. The molecule has 9 aromatic rings. The largest absolute Gasteiger partial charge is 0.454 e. The van der Waals surface area contributed by atoms with Crippen LogP contribution in [-0.4, -0.2) is 4.98 Å². The highest BCUT2D eigenvalue weighted by atomic mass is 32.1. The van der Waals surface area contributed by atoms with Gasteiger partial charge in [0.05, 0.1) is 5.69 Å². The number of furan rings is 1. The molecule has 43 heavy (non-hydrogen) atoms. The van der Waals surface area contributed by atoms with E-state index < -0.39 is 0 Å². The van der Waals surface area contributed by atoms with Gasteiger partial charge in [-0.25, -0.2) is 0 Å². The lowest BCUT2D eigenvalue weighted by Crippen LogP contribution is -2.10. The molecule has 202 valence electrons. The Kier molecular flexibility index (Phi) is 5.37. The van der Waals surface area contributed by atoms with E-state index >= 15 is 0 Å². The molecule has 3 nitrogen and oxygen atoms in total. The third-order valence-corrected chi connectivity index (χ3v) is 9.46. The number of thiophene rings is 1. The number of para-hydroxylation sites is 1. The number of anilines is 3. The van der Waals surface area contributed by atoms with Crippen LogP contribution in [0, 0.1) is 0 Å². The predicted octanol–water partition coefficient (Wildman–Crippen LogP) is 11.6. The Bertz CT molecular complexity index is 2460. The van der Waals surface area contributed by atoms with Gasteiger partial charge >= 0.3 is 0 Å². The summed E-state index contributed by atoms with van der Waals surface area (Å²) in [5, 5.41) is 6.99. The number of benzene rings is 6. The fourth-order valence-corrected chi connectivity index (χ4v) is 7.39. The average molecular weight is 569 g/mol. The maximum Gasteiger partial charge on any atom is 0.159 e. The summed E-state index contributed by atoms with van der Waals surface area (Å²) >= 11 is 1.84. The van der Waals surface area contributed by atoms with Crippen LogP contribution in [0.2, 0.25) is 0 Å². The second-order valence-electron chi connectivity index (χ2n) is 10.9. The van der Waals surface area contributed by atoms with Gasteiger partial charge in [0.15, 0.2) is 5.58 Å². The van der Waals surface area contributed by atoms with Gasteiger partial charge in [0.2, 0.25) is 0 Å². The molecule has 4 heteroatoms. The molecule has 0 N–H and O–H groups in total. The Morgan fingerprint density at radius 1 is 0.535 bits per heavy atom. The SMILES string of the molecule is c1ccc(-c2ccc(N(c3ccc4c(c3)sc3ccccc34)c3cccc4c3oc3cc5ccncc5cc34)cc2)cc1.